The quantitative estimate of drug-likeness (QED) is 0.528. The number of nitrogen functional groups attached to an aromatic ring is 2. The van der Waals surface area contributed by atoms with Crippen molar-refractivity contribution in [2.75, 3.05) is 11.5 Å². The highest BCUT2D eigenvalue weighted by atomic mass is 15.0. The van der Waals surface area contributed by atoms with Crippen molar-refractivity contribution >= 4 is 22.7 Å². The summed E-state index contributed by atoms with van der Waals surface area (Å²) in [7, 11) is 0. The van der Waals surface area contributed by atoms with E-state index in [-0.39, 0.29) is 11.6 Å². The van der Waals surface area contributed by atoms with Crippen LogP contribution >= 0.6 is 0 Å². The Morgan fingerprint density at radius 1 is 0.714 bits per heavy atom. The molecular formula is C24H16N4. The van der Waals surface area contributed by atoms with Crippen LogP contribution in [0.4, 0.5) is 11.6 Å². The van der Waals surface area contributed by atoms with Gasteiger partial charge in [-0.25, -0.2) is 9.97 Å². The zero-order chi connectivity index (χ0) is 19.7. The number of aromatic nitrogens is 2. The SMILES string of the molecule is C#Cc1cccc(-c2ccc3nc(N)c(N)nc3c2-c2cccc(C#C)c2)c1. The number of fused-ring (bicyclic) bond motifs is 1. The van der Waals surface area contributed by atoms with Crippen molar-refractivity contribution in [3.8, 4) is 46.9 Å². The third-order valence-electron chi connectivity index (χ3n) is 4.55. The van der Waals surface area contributed by atoms with Crippen molar-refractivity contribution in [1.29, 1.82) is 0 Å². The standard InChI is InChI=1S/C24H16N4/c1-3-15-7-5-9-17(13-15)19-11-12-20-22(28-24(26)23(25)27-20)21(19)18-10-6-8-16(4-2)14-18/h1-2,5-14H,(H2,25,27)(H2,26,28). The van der Waals surface area contributed by atoms with Gasteiger partial charge in [-0.15, -0.1) is 12.8 Å². The molecule has 28 heavy (non-hydrogen) atoms. The molecule has 4 aromatic rings. The molecule has 0 aliphatic rings. The average molecular weight is 360 g/mol. The van der Waals surface area contributed by atoms with Gasteiger partial charge in [-0.3, -0.25) is 0 Å². The van der Waals surface area contributed by atoms with Crippen LogP contribution in [0.3, 0.4) is 0 Å². The van der Waals surface area contributed by atoms with Crippen LogP contribution < -0.4 is 11.5 Å². The molecule has 0 atom stereocenters. The minimum atomic E-state index is 0.191. The number of terminal acetylenes is 2. The maximum absolute atomic E-state index is 5.97. The summed E-state index contributed by atoms with van der Waals surface area (Å²) in [4.78, 5) is 8.92. The average Bonchev–Trinajstić information content (AvgIpc) is 2.74. The molecule has 0 aliphatic heterocycles. The lowest BCUT2D eigenvalue weighted by molar-refractivity contribution is 1.31. The molecule has 4 N–H and O–H groups in total. The lowest BCUT2D eigenvalue weighted by Crippen LogP contribution is -2.02. The smallest absolute Gasteiger partial charge is 0.166 e. The maximum Gasteiger partial charge on any atom is 0.166 e. The molecule has 0 saturated carbocycles. The van der Waals surface area contributed by atoms with Crippen molar-refractivity contribution in [3.05, 3.63) is 71.8 Å². The molecule has 0 fully saturated rings. The summed E-state index contributed by atoms with van der Waals surface area (Å²) in [6, 6.07) is 19.4. The van der Waals surface area contributed by atoms with E-state index >= 15 is 0 Å². The molecule has 0 unspecified atom stereocenters. The summed E-state index contributed by atoms with van der Waals surface area (Å²) in [6.07, 6.45) is 11.2. The highest BCUT2D eigenvalue weighted by Crippen LogP contribution is 2.38. The van der Waals surface area contributed by atoms with Crippen LogP contribution in [-0.4, -0.2) is 9.97 Å². The van der Waals surface area contributed by atoms with Gasteiger partial charge in [-0.05, 0) is 47.0 Å². The first kappa shape index (κ1) is 17.1. The van der Waals surface area contributed by atoms with E-state index in [2.05, 4.69) is 21.8 Å². The summed E-state index contributed by atoms with van der Waals surface area (Å²) in [5.74, 6) is 5.75. The van der Waals surface area contributed by atoms with E-state index in [1.54, 1.807) is 0 Å². The Bertz CT molecular complexity index is 1310. The number of anilines is 2. The van der Waals surface area contributed by atoms with Crippen LogP contribution in [0.1, 0.15) is 11.1 Å². The first-order valence-electron chi connectivity index (χ1n) is 8.60. The number of benzene rings is 3. The molecule has 0 aliphatic carbocycles. The largest absolute Gasteiger partial charge is 0.381 e. The van der Waals surface area contributed by atoms with Crippen LogP contribution in [0.5, 0.6) is 0 Å². The van der Waals surface area contributed by atoms with Gasteiger partial charge in [0.25, 0.3) is 0 Å². The number of hydrogen-bond donors (Lipinski definition) is 2. The first-order valence-corrected chi connectivity index (χ1v) is 8.60. The monoisotopic (exact) mass is 360 g/mol. The Morgan fingerprint density at radius 3 is 2.00 bits per heavy atom. The normalized spacial score (nSPS) is 10.4. The van der Waals surface area contributed by atoms with Crippen LogP contribution in [0, 0.1) is 24.7 Å². The van der Waals surface area contributed by atoms with Crippen LogP contribution in [0.2, 0.25) is 0 Å². The van der Waals surface area contributed by atoms with E-state index < -0.39 is 0 Å². The highest BCUT2D eigenvalue weighted by Gasteiger charge is 2.16. The third-order valence-corrected chi connectivity index (χ3v) is 4.55. The fraction of sp³-hybridized carbons (Fsp3) is 0. The number of rotatable bonds is 2. The second-order valence-electron chi connectivity index (χ2n) is 6.30. The first-order chi connectivity index (χ1) is 13.6. The number of hydrogen-bond acceptors (Lipinski definition) is 4. The van der Waals surface area contributed by atoms with E-state index in [1.807, 2.05) is 60.7 Å². The Kier molecular flexibility index (Phi) is 4.16. The molecule has 0 radical (unpaired) electrons. The van der Waals surface area contributed by atoms with Gasteiger partial charge in [0, 0.05) is 16.7 Å². The summed E-state index contributed by atoms with van der Waals surface area (Å²) in [5, 5.41) is 0. The molecule has 4 nitrogen and oxygen atoms in total. The van der Waals surface area contributed by atoms with Gasteiger partial charge in [0.2, 0.25) is 0 Å². The van der Waals surface area contributed by atoms with E-state index in [1.165, 1.54) is 0 Å². The Labute approximate surface area is 163 Å². The zero-order valence-electron chi connectivity index (χ0n) is 15.0. The van der Waals surface area contributed by atoms with Crippen molar-refractivity contribution in [2.24, 2.45) is 0 Å². The van der Waals surface area contributed by atoms with Gasteiger partial charge in [0.15, 0.2) is 11.6 Å². The number of nitrogens with zero attached hydrogens (tertiary/aromatic N) is 2. The predicted molar refractivity (Wildman–Crippen MR) is 115 cm³/mol. The third kappa shape index (κ3) is 2.90. The van der Waals surface area contributed by atoms with Crippen molar-refractivity contribution < 1.29 is 0 Å². The van der Waals surface area contributed by atoms with Crippen LogP contribution in [0.25, 0.3) is 33.3 Å². The molecule has 0 bridgehead atoms. The summed E-state index contributed by atoms with van der Waals surface area (Å²) < 4.78 is 0. The second-order valence-corrected chi connectivity index (χ2v) is 6.30. The van der Waals surface area contributed by atoms with Gasteiger partial charge in [-0.1, -0.05) is 42.2 Å². The van der Waals surface area contributed by atoms with E-state index in [0.717, 1.165) is 33.4 Å². The summed E-state index contributed by atoms with van der Waals surface area (Å²) >= 11 is 0. The minimum absolute atomic E-state index is 0.191. The van der Waals surface area contributed by atoms with Gasteiger partial charge >= 0.3 is 0 Å². The molecule has 132 valence electrons. The maximum atomic E-state index is 5.97. The zero-order valence-corrected chi connectivity index (χ0v) is 15.0. The molecule has 4 heteroatoms. The Balaban J connectivity index is 2.11. The fourth-order valence-corrected chi connectivity index (χ4v) is 3.22. The van der Waals surface area contributed by atoms with Crippen molar-refractivity contribution in [3.63, 3.8) is 0 Å². The molecule has 0 spiro atoms. The molecule has 3 aromatic carbocycles. The molecule has 1 aromatic heterocycles. The van der Waals surface area contributed by atoms with E-state index in [9.17, 15) is 0 Å². The highest BCUT2D eigenvalue weighted by molar-refractivity contribution is 6.01. The van der Waals surface area contributed by atoms with Gasteiger partial charge in [0.1, 0.15) is 0 Å². The van der Waals surface area contributed by atoms with E-state index in [4.69, 9.17) is 24.3 Å². The van der Waals surface area contributed by atoms with Gasteiger partial charge in [0.05, 0.1) is 11.0 Å². The minimum Gasteiger partial charge on any atom is -0.381 e. The van der Waals surface area contributed by atoms with Crippen LogP contribution in [0.15, 0.2) is 60.7 Å². The predicted octanol–water partition coefficient (Wildman–Crippen LogP) is 4.09. The van der Waals surface area contributed by atoms with Gasteiger partial charge < -0.3 is 11.5 Å². The summed E-state index contributed by atoms with van der Waals surface area (Å²) in [6.45, 7) is 0. The fourth-order valence-electron chi connectivity index (χ4n) is 3.22. The lowest BCUT2D eigenvalue weighted by atomic mass is 9.91. The molecule has 1 heterocycles. The number of nitrogens with two attached hydrogens (primary N) is 2. The Morgan fingerprint density at radius 2 is 1.32 bits per heavy atom. The second kappa shape index (κ2) is 6.79. The van der Waals surface area contributed by atoms with Crippen molar-refractivity contribution in [1.82, 2.24) is 9.97 Å². The lowest BCUT2D eigenvalue weighted by Gasteiger charge is -2.14. The van der Waals surface area contributed by atoms with Crippen LogP contribution in [-0.2, 0) is 0 Å². The molecule has 0 saturated heterocycles. The van der Waals surface area contributed by atoms with Crippen molar-refractivity contribution in [2.45, 2.75) is 0 Å². The van der Waals surface area contributed by atoms with Gasteiger partial charge in [-0.2, -0.15) is 0 Å². The van der Waals surface area contributed by atoms with E-state index in [0.29, 0.717) is 11.0 Å². The molecular weight excluding hydrogens is 344 g/mol. The Hall–Kier alpha value is -4.28. The molecule has 0 amide bonds. The topological polar surface area (TPSA) is 77.8 Å². The molecule has 4 rings (SSSR count). The summed E-state index contributed by atoms with van der Waals surface area (Å²) in [5.41, 5.74) is 18.4.